The molecule has 6 nitrogen and oxygen atoms in total. The summed E-state index contributed by atoms with van der Waals surface area (Å²) in [5.41, 5.74) is 4.33. The molecule has 2 amide bonds. The second kappa shape index (κ2) is 5.70. The van der Waals surface area contributed by atoms with Gasteiger partial charge in [-0.25, -0.2) is 4.79 Å². The number of nitrogens with zero attached hydrogens (tertiary/aromatic N) is 2. The zero-order chi connectivity index (χ0) is 16.7. The van der Waals surface area contributed by atoms with Crippen LogP contribution in [0.15, 0.2) is 34.9 Å². The van der Waals surface area contributed by atoms with Crippen LogP contribution >= 0.6 is 0 Å². The van der Waals surface area contributed by atoms with Crippen molar-refractivity contribution >= 4 is 16.9 Å². The largest absolute Gasteiger partial charge is 0.361 e. The Morgan fingerprint density at radius 2 is 2.29 bits per heavy atom. The van der Waals surface area contributed by atoms with E-state index in [4.69, 9.17) is 4.52 Å². The monoisotopic (exact) mass is 324 g/mol. The maximum atomic E-state index is 12.6. The average Bonchev–Trinajstić information content (AvgIpc) is 3.17. The van der Waals surface area contributed by atoms with E-state index in [0.717, 1.165) is 29.1 Å². The maximum absolute atomic E-state index is 12.6. The number of hydrogen-bond acceptors (Lipinski definition) is 3. The molecule has 6 heteroatoms. The summed E-state index contributed by atoms with van der Waals surface area (Å²) in [6, 6.07) is 10.1. The number of H-pyrrole nitrogens is 1. The second-order valence-electron chi connectivity index (χ2n) is 6.27. The van der Waals surface area contributed by atoms with Gasteiger partial charge in [-0.05, 0) is 31.9 Å². The molecule has 3 heterocycles. The van der Waals surface area contributed by atoms with Crippen molar-refractivity contribution in [2.75, 3.05) is 6.54 Å². The molecule has 24 heavy (non-hydrogen) atoms. The van der Waals surface area contributed by atoms with E-state index in [2.05, 4.69) is 40.6 Å². The van der Waals surface area contributed by atoms with Crippen molar-refractivity contribution in [3.05, 3.63) is 53.0 Å². The van der Waals surface area contributed by atoms with Crippen molar-refractivity contribution in [1.29, 1.82) is 0 Å². The van der Waals surface area contributed by atoms with Crippen molar-refractivity contribution in [2.45, 2.75) is 32.9 Å². The number of carbonyl (C=O) groups excluding carboxylic acids is 1. The minimum Gasteiger partial charge on any atom is -0.361 e. The highest BCUT2D eigenvalue weighted by Gasteiger charge is 2.30. The normalized spacial score (nSPS) is 17.1. The zero-order valence-electron chi connectivity index (χ0n) is 13.8. The van der Waals surface area contributed by atoms with Gasteiger partial charge >= 0.3 is 6.03 Å². The van der Waals surface area contributed by atoms with Gasteiger partial charge in [-0.2, -0.15) is 0 Å². The average molecular weight is 324 g/mol. The van der Waals surface area contributed by atoms with Gasteiger partial charge in [-0.1, -0.05) is 23.4 Å². The fourth-order valence-electron chi connectivity index (χ4n) is 3.47. The summed E-state index contributed by atoms with van der Waals surface area (Å²) >= 11 is 0. The van der Waals surface area contributed by atoms with Crippen LogP contribution in [0, 0.1) is 6.92 Å². The van der Waals surface area contributed by atoms with Gasteiger partial charge in [0.1, 0.15) is 11.5 Å². The van der Waals surface area contributed by atoms with E-state index in [1.807, 2.05) is 24.0 Å². The molecule has 0 aliphatic carbocycles. The van der Waals surface area contributed by atoms with Gasteiger partial charge in [0.15, 0.2) is 0 Å². The summed E-state index contributed by atoms with van der Waals surface area (Å²) < 4.78 is 5.02. The number of hydrogen-bond donors (Lipinski definition) is 2. The van der Waals surface area contributed by atoms with Gasteiger partial charge in [0.25, 0.3) is 0 Å². The van der Waals surface area contributed by atoms with E-state index < -0.39 is 0 Å². The minimum absolute atomic E-state index is 0.0141. The molecule has 0 saturated heterocycles. The molecule has 1 aromatic carbocycles. The number of aryl methyl sites for hydroxylation is 1. The van der Waals surface area contributed by atoms with Crippen LogP contribution in [0.1, 0.15) is 35.7 Å². The standard InChI is InChI=1S/C18H20N4O2/c1-11-9-13(21-24-11)10-19-18(23)22-8-7-15-14-5-3-4-6-16(14)20-17(15)12(22)2/h3-6,9,12,20H,7-8,10H2,1-2H3,(H,19,23)/t12-/m1/s1. The van der Waals surface area contributed by atoms with Crippen LogP contribution in [0.25, 0.3) is 10.9 Å². The van der Waals surface area contributed by atoms with Crippen molar-refractivity contribution in [3.8, 4) is 0 Å². The molecule has 3 aromatic rings. The Morgan fingerprint density at radius 1 is 1.46 bits per heavy atom. The first-order valence-electron chi connectivity index (χ1n) is 8.19. The molecule has 0 bridgehead atoms. The van der Waals surface area contributed by atoms with Crippen LogP contribution in [-0.2, 0) is 13.0 Å². The van der Waals surface area contributed by atoms with Crippen LogP contribution in [0.4, 0.5) is 4.79 Å². The topological polar surface area (TPSA) is 74.2 Å². The summed E-state index contributed by atoms with van der Waals surface area (Å²) in [6.07, 6.45) is 0.861. The molecule has 0 unspecified atom stereocenters. The number of aromatic amines is 1. The van der Waals surface area contributed by atoms with Crippen LogP contribution in [-0.4, -0.2) is 27.6 Å². The molecule has 1 atom stereocenters. The summed E-state index contributed by atoms with van der Waals surface area (Å²) in [7, 11) is 0. The predicted octanol–water partition coefficient (Wildman–Crippen LogP) is 3.29. The molecule has 4 rings (SSSR count). The van der Waals surface area contributed by atoms with Gasteiger partial charge in [0, 0.05) is 29.2 Å². The van der Waals surface area contributed by atoms with Crippen LogP contribution in [0.3, 0.4) is 0 Å². The Labute approximate surface area is 139 Å². The summed E-state index contributed by atoms with van der Waals surface area (Å²) in [5.74, 6) is 0.744. The van der Waals surface area contributed by atoms with Crippen LogP contribution in [0.2, 0.25) is 0 Å². The highest BCUT2D eigenvalue weighted by Crippen LogP contribution is 2.34. The first-order valence-corrected chi connectivity index (χ1v) is 8.19. The lowest BCUT2D eigenvalue weighted by Gasteiger charge is -2.33. The SMILES string of the molecule is Cc1cc(CNC(=O)N2CCc3c([nH]c4ccccc34)[C@H]2C)no1. The van der Waals surface area contributed by atoms with Crippen molar-refractivity contribution < 1.29 is 9.32 Å². The van der Waals surface area contributed by atoms with E-state index in [0.29, 0.717) is 13.1 Å². The molecule has 0 fully saturated rings. The highest BCUT2D eigenvalue weighted by molar-refractivity contribution is 5.86. The minimum atomic E-state index is -0.0764. The molecule has 0 radical (unpaired) electrons. The molecule has 2 aromatic heterocycles. The molecule has 0 spiro atoms. The lowest BCUT2D eigenvalue weighted by molar-refractivity contribution is 0.173. The Kier molecular flexibility index (Phi) is 3.52. The maximum Gasteiger partial charge on any atom is 0.318 e. The molecule has 1 aliphatic heterocycles. The Morgan fingerprint density at radius 3 is 3.08 bits per heavy atom. The molecular formula is C18H20N4O2. The van der Waals surface area contributed by atoms with E-state index in [-0.39, 0.29) is 12.1 Å². The Hall–Kier alpha value is -2.76. The summed E-state index contributed by atoms with van der Waals surface area (Å²) in [4.78, 5) is 17.9. The van der Waals surface area contributed by atoms with Gasteiger partial charge in [-0.15, -0.1) is 0 Å². The number of fused-ring (bicyclic) bond motifs is 3. The number of carbonyl (C=O) groups is 1. The third kappa shape index (κ3) is 2.44. The fraction of sp³-hybridized carbons (Fsp3) is 0.333. The fourth-order valence-corrected chi connectivity index (χ4v) is 3.47. The Bertz CT molecular complexity index is 895. The third-order valence-corrected chi connectivity index (χ3v) is 4.69. The molecular weight excluding hydrogens is 304 g/mol. The van der Waals surface area contributed by atoms with E-state index in [1.54, 1.807) is 0 Å². The lowest BCUT2D eigenvalue weighted by atomic mass is 9.98. The van der Waals surface area contributed by atoms with Crippen LogP contribution in [0.5, 0.6) is 0 Å². The number of rotatable bonds is 2. The molecule has 124 valence electrons. The first-order chi connectivity index (χ1) is 11.6. The highest BCUT2D eigenvalue weighted by atomic mass is 16.5. The smallest absolute Gasteiger partial charge is 0.318 e. The summed E-state index contributed by atoms with van der Waals surface area (Å²) in [5, 5.41) is 8.09. The number of urea groups is 1. The molecule has 0 saturated carbocycles. The number of amides is 2. The number of aromatic nitrogens is 2. The van der Waals surface area contributed by atoms with E-state index in [1.165, 1.54) is 10.9 Å². The van der Waals surface area contributed by atoms with E-state index in [9.17, 15) is 4.79 Å². The van der Waals surface area contributed by atoms with Crippen molar-refractivity contribution in [3.63, 3.8) is 0 Å². The van der Waals surface area contributed by atoms with Gasteiger partial charge < -0.3 is 19.7 Å². The van der Waals surface area contributed by atoms with Crippen LogP contribution < -0.4 is 5.32 Å². The van der Waals surface area contributed by atoms with Crippen molar-refractivity contribution in [2.24, 2.45) is 0 Å². The summed E-state index contributed by atoms with van der Waals surface area (Å²) in [6.45, 7) is 4.98. The zero-order valence-corrected chi connectivity index (χ0v) is 13.8. The Balaban J connectivity index is 1.52. The number of benzene rings is 1. The third-order valence-electron chi connectivity index (χ3n) is 4.69. The van der Waals surface area contributed by atoms with Gasteiger partial charge in [-0.3, -0.25) is 0 Å². The number of nitrogens with one attached hydrogen (secondary N) is 2. The van der Waals surface area contributed by atoms with Gasteiger partial charge in [0.05, 0.1) is 12.6 Å². The lowest BCUT2D eigenvalue weighted by Crippen LogP contribution is -2.44. The van der Waals surface area contributed by atoms with E-state index >= 15 is 0 Å². The molecule has 2 N–H and O–H groups in total. The molecule has 1 aliphatic rings. The van der Waals surface area contributed by atoms with Gasteiger partial charge in [0.2, 0.25) is 0 Å². The van der Waals surface area contributed by atoms with Crippen molar-refractivity contribution in [1.82, 2.24) is 20.4 Å². The first kappa shape index (κ1) is 14.8. The quantitative estimate of drug-likeness (QED) is 0.759. The predicted molar refractivity (Wildman–Crippen MR) is 90.6 cm³/mol. The number of para-hydroxylation sites is 1. The second-order valence-corrected chi connectivity index (χ2v) is 6.27.